The molecule has 1 atom stereocenters. The third-order valence-corrected chi connectivity index (χ3v) is 3.43. The predicted octanol–water partition coefficient (Wildman–Crippen LogP) is 0.621. The number of nitrogens with one attached hydrogen (secondary N) is 1. The third kappa shape index (κ3) is 7.31. The van der Waals surface area contributed by atoms with Crippen molar-refractivity contribution in [3.8, 4) is 0 Å². The quantitative estimate of drug-likeness (QED) is 0.684. The Morgan fingerprint density at radius 1 is 1.17 bits per heavy atom. The van der Waals surface area contributed by atoms with Crippen LogP contribution in [0.2, 0.25) is 0 Å². The Bertz CT molecular complexity index is 220. The summed E-state index contributed by atoms with van der Waals surface area (Å²) in [5, 5.41) is 13.2. The van der Waals surface area contributed by atoms with Crippen LogP contribution in [0.3, 0.4) is 0 Å². The largest absolute Gasteiger partial charge is 0.392 e. The topological polar surface area (TPSA) is 38.7 Å². The molecule has 0 bridgehead atoms. The van der Waals surface area contributed by atoms with Crippen molar-refractivity contribution in [1.29, 1.82) is 0 Å². The summed E-state index contributed by atoms with van der Waals surface area (Å²) in [5.74, 6) is 0. The number of hydrogen-bond acceptors (Lipinski definition) is 4. The molecule has 0 aliphatic carbocycles. The first-order valence-corrected chi connectivity index (χ1v) is 7.16. The second-order valence-electron chi connectivity index (χ2n) is 6.77. The maximum absolute atomic E-state index is 9.87. The zero-order valence-electron chi connectivity index (χ0n) is 12.6. The highest BCUT2D eigenvalue weighted by atomic mass is 16.3. The lowest BCUT2D eigenvalue weighted by Crippen LogP contribution is -2.47. The first-order chi connectivity index (χ1) is 8.37. The Balaban J connectivity index is 2.01. The monoisotopic (exact) mass is 257 g/mol. The summed E-state index contributed by atoms with van der Waals surface area (Å²) in [7, 11) is 2.18. The van der Waals surface area contributed by atoms with Gasteiger partial charge in [-0.15, -0.1) is 0 Å². The van der Waals surface area contributed by atoms with Crippen LogP contribution in [-0.2, 0) is 0 Å². The number of rotatable bonds is 6. The van der Waals surface area contributed by atoms with Gasteiger partial charge in [0.1, 0.15) is 0 Å². The minimum Gasteiger partial charge on any atom is -0.392 e. The minimum absolute atomic E-state index is 0.207. The van der Waals surface area contributed by atoms with Gasteiger partial charge in [-0.3, -0.25) is 4.90 Å². The van der Waals surface area contributed by atoms with Crippen molar-refractivity contribution in [1.82, 2.24) is 15.1 Å². The first-order valence-electron chi connectivity index (χ1n) is 7.16. The van der Waals surface area contributed by atoms with E-state index in [2.05, 4.69) is 42.9 Å². The van der Waals surface area contributed by atoms with Crippen molar-refractivity contribution in [3.63, 3.8) is 0 Å². The van der Waals surface area contributed by atoms with Gasteiger partial charge in [0.05, 0.1) is 6.10 Å². The fourth-order valence-electron chi connectivity index (χ4n) is 2.36. The van der Waals surface area contributed by atoms with Crippen LogP contribution in [0.5, 0.6) is 0 Å². The highest BCUT2D eigenvalue weighted by molar-refractivity contribution is 4.72. The summed E-state index contributed by atoms with van der Waals surface area (Å²) in [4.78, 5) is 4.86. The summed E-state index contributed by atoms with van der Waals surface area (Å²) < 4.78 is 0. The van der Waals surface area contributed by atoms with Gasteiger partial charge >= 0.3 is 0 Å². The van der Waals surface area contributed by atoms with Crippen LogP contribution in [0.15, 0.2) is 0 Å². The molecule has 1 aliphatic heterocycles. The molecular weight excluding hydrogens is 226 g/mol. The maximum atomic E-state index is 9.87. The highest BCUT2D eigenvalue weighted by Gasteiger charge is 2.16. The lowest BCUT2D eigenvalue weighted by Gasteiger charge is -2.32. The molecule has 1 saturated heterocycles. The fourth-order valence-corrected chi connectivity index (χ4v) is 2.36. The molecule has 1 unspecified atom stereocenters. The van der Waals surface area contributed by atoms with Crippen molar-refractivity contribution >= 4 is 0 Å². The molecule has 1 rings (SSSR count). The van der Waals surface area contributed by atoms with Gasteiger partial charge < -0.3 is 15.3 Å². The Kier molecular flexibility index (Phi) is 6.57. The normalized spacial score (nSPS) is 21.2. The Morgan fingerprint density at radius 3 is 2.33 bits per heavy atom. The molecule has 2 N–H and O–H groups in total. The van der Waals surface area contributed by atoms with Gasteiger partial charge in [0.25, 0.3) is 0 Å². The van der Waals surface area contributed by atoms with E-state index in [4.69, 9.17) is 0 Å². The zero-order chi connectivity index (χ0) is 13.6. The summed E-state index contributed by atoms with van der Waals surface area (Å²) in [6, 6.07) is 0. The number of hydrogen-bond donors (Lipinski definition) is 2. The van der Waals surface area contributed by atoms with Crippen LogP contribution in [-0.4, -0.2) is 73.9 Å². The highest BCUT2D eigenvalue weighted by Crippen LogP contribution is 2.20. The Hall–Kier alpha value is -0.160. The molecule has 108 valence electrons. The Labute approximate surface area is 112 Å². The number of likely N-dealkylation sites (N-methyl/N-ethyl adjacent to an activating group) is 1. The first kappa shape index (κ1) is 15.9. The van der Waals surface area contributed by atoms with Gasteiger partial charge in [0.15, 0.2) is 0 Å². The van der Waals surface area contributed by atoms with Crippen molar-refractivity contribution in [2.45, 2.75) is 33.3 Å². The summed E-state index contributed by atoms with van der Waals surface area (Å²) in [6.45, 7) is 14.0. The number of aliphatic hydroxyl groups is 1. The van der Waals surface area contributed by atoms with E-state index in [0.717, 1.165) is 19.5 Å². The zero-order valence-corrected chi connectivity index (χ0v) is 12.6. The van der Waals surface area contributed by atoms with Gasteiger partial charge in [-0.2, -0.15) is 0 Å². The summed E-state index contributed by atoms with van der Waals surface area (Å²) >= 11 is 0. The van der Waals surface area contributed by atoms with E-state index in [-0.39, 0.29) is 11.5 Å². The molecule has 0 amide bonds. The smallest absolute Gasteiger partial charge is 0.0669 e. The molecule has 1 aliphatic rings. The molecule has 1 heterocycles. The number of nitrogens with zero attached hydrogens (tertiary/aromatic N) is 2. The van der Waals surface area contributed by atoms with E-state index >= 15 is 0 Å². The van der Waals surface area contributed by atoms with Crippen LogP contribution >= 0.6 is 0 Å². The van der Waals surface area contributed by atoms with E-state index in [9.17, 15) is 5.11 Å². The van der Waals surface area contributed by atoms with E-state index in [1.807, 2.05) is 0 Å². The average molecular weight is 257 g/mol. The van der Waals surface area contributed by atoms with Crippen molar-refractivity contribution in [2.24, 2.45) is 5.41 Å². The van der Waals surface area contributed by atoms with E-state index in [1.165, 1.54) is 26.2 Å². The third-order valence-electron chi connectivity index (χ3n) is 3.43. The molecule has 0 radical (unpaired) electrons. The molecular formula is C14H31N3O. The van der Waals surface area contributed by atoms with Gasteiger partial charge in [0, 0.05) is 45.8 Å². The molecule has 0 aromatic heterocycles. The van der Waals surface area contributed by atoms with Gasteiger partial charge in [-0.25, -0.2) is 0 Å². The molecule has 0 spiro atoms. The lowest BCUT2D eigenvalue weighted by molar-refractivity contribution is 0.116. The predicted molar refractivity (Wildman–Crippen MR) is 76.9 cm³/mol. The van der Waals surface area contributed by atoms with Gasteiger partial charge in [-0.1, -0.05) is 20.8 Å². The van der Waals surface area contributed by atoms with Gasteiger partial charge in [0.2, 0.25) is 0 Å². The van der Waals surface area contributed by atoms with Crippen LogP contribution in [0.4, 0.5) is 0 Å². The van der Waals surface area contributed by atoms with Crippen molar-refractivity contribution in [2.75, 3.05) is 52.9 Å². The number of aliphatic hydroxyl groups excluding tert-OH is 1. The van der Waals surface area contributed by atoms with E-state index in [1.54, 1.807) is 0 Å². The van der Waals surface area contributed by atoms with Crippen LogP contribution in [0.25, 0.3) is 0 Å². The fraction of sp³-hybridized carbons (Fsp3) is 1.00. The molecule has 0 saturated carbocycles. The SMILES string of the molecule is CN1CCN(CCNCC(O)CC(C)(C)C)CC1. The minimum atomic E-state index is -0.225. The molecule has 4 heteroatoms. The van der Waals surface area contributed by atoms with Crippen molar-refractivity contribution in [3.05, 3.63) is 0 Å². The molecule has 0 aromatic carbocycles. The van der Waals surface area contributed by atoms with Crippen LogP contribution in [0.1, 0.15) is 27.2 Å². The summed E-state index contributed by atoms with van der Waals surface area (Å²) in [6.07, 6.45) is 0.631. The van der Waals surface area contributed by atoms with Crippen LogP contribution < -0.4 is 5.32 Å². The van der Waals surface area contributed by atoms with Gasteiger partial charge in [-0.05, 0) is 18.9 Å². The van der Waals surface area contributed by atoms with E-state index in [0.29, 0.717) is 6.54 Å². The standard InChI is InChI=1S/C14H31N3O/c1-14(2,3)11-13(18)12-15-5-6-17-9-7-16(4)8-10-17/h13,15,18H,5-12H2,1-4H3. The summed E-state index contributed by atoms with van der Waals surface area (Å²) in [5.41, 5.74) is 0.207. The molecule has 4 nitrogen and oxygen atoms in total. The van der Waals surface area contributed by atoms with Crippen LogP contribution in [0, 0.1) is 5.41 Å². The van der Waals surface area contributed by atoms with E-state index < -0.39 is 0 Å². The van der Waals surface area contributed by atoms with Crippen molar-refractivity contribution < 1.29 is 5.11 Å². The second-order valence-corrected chi connectivity index (χ2v) is 6.77. The lowest BCUT2D eigenvalue weighted by atomic mass is 9.89. The number of piperazine rings is 1. The maximum Gasteiger partial charge on any atom is 0.0669 e. The molecule has 18 heavy (non-hydrogen) atoms. The molecule has 1 fully saturated rings. The second kappa shape index (κ2) is 7.43. The Morgan fingerprint density at radius 2 is 1.78 bits per heavy atom. The molecule has 0 aromatic rings. The average Bonchev–Trinajstić information content (AvgIpc) is 2.24.